The second kappa shape index (κ2) is 13.2. The fourth-order valence-electron chi connectivity index (χ4n) is 6.31. The molecule has 2 aliphatic heterocycles. The van der Waals surface area contributed by atoms with Gasteiger partial charge in [-0.15, -0.1) is 0 Å². The van der Waals surface area contributed by atoms with E-state index in [1.807, 2.05) is 12.1 Å². The molecule has 0 radical (unpaired) electrons. The summed E-state index contributed by atoms with van der Waals surface area (Å²) in [5.41, 5.74) is 3.52. The minimum Gasteiger partial charge on any atom is -0.455 e. The van der Waals surface area contributed by atoms with Crippen LogP contribution in [0.25, 0.3) is 0 Å². The molecule has 10 nitrogen and oxygen atoms in total. The van der Waals surface area contributed by atoms with Gasteiger partial charge in [0.05, 0.1) is 15.7 Å². The fraction of sp³-hybridized carbons (Fsp3) is 0.438. The maximum absolute atomic E-state index is 13.3. The van der Waals surface area contributed by atoms with Crippen LogP contribution < -0.4 is 25.2 Å². The molecule has 0 unspecified atom stereocenters. The number of ether oxygens (including phenoxy) is 1. The zero-order valence-electron chi connectivity index (χ0n) is 25.0. The van der Waals surface area contributed by atoms with E-state index < -0.39 is 0 Å². The van der Waals surface area contributed by atoms with Crippen LogP contribution in [0.5, 0.6) is 5.88 Å². The molecule has 0 bridgehead atoms. The predicted octanol–water partition coefficient (Wildman–Crippen LogP) is 5.86. The van der Waals surface area contributed by atoms with E-state index in [0.717, 1.165) is 68.6 Å². The van der Waals surface area contributed by atoms with Crippen molar-refractivity contribution < 1.29 is 14.3 Å². The van der Waals surface area contributed by atoms with E-state index in [9.17, 15) is 9.59 Å². The van der Waals surface area contributed by atoms with Crippen molar-refractivity contribution in [3.05, 3.63) is 63.8 Å². The summed E-state index contributed by atoms with van der Waals surface area (Å²) >= 11 is 12.7. The third kappa shape index (κ3) is 6.43. The summed E-state index contributed by atoms with van der Waals surface area (Å²) in [4.78, 5) is 41.1. The van der Waals surface area contributed by atoms with Crippen LogP contribution in [0.2, 0.25) is 10.0 Å². The van der Waals surface area contributed by atoms with Crippen LogP contribution in [0.4, 0.5) is 23.0 Å². The zero-order valence-corrected chi connectivity index (χ0v) is 26.5. The molecule has 2 N–H and O–H groups in total. The second-order valence-corrected chi connectivity index (χ2v) is 12.7. The lowest BCUT2D eigenvalue weighted by Gasteiger charge is -2.37. The molecular weight excluding hydrogens is 601 g/mol. The first-order valence-corrected chi connectivity index (χ1v) is 15.9. The molecule has 1 saturated carbocycles. The number of carbonyl (C=O) groups is 2. The molecule has 1 aromatic heterocycles. The van der Waals surface area contributed by atoms with Crippen molar-refractivity contribution >= 4 is 58.0 Å². The maximum Gasteiger partial charge on any atom is 0.268 e. The van der Waals surface area contributed by atoms with Crippen LogP contribution in [0.1, 0.15) is 54.4 Å². The second-order valence-electron chi connectivity index (χ2n) is 11.8. The van der Waals surface area contributed by atoms with Crippen molar-refractivity contribution in [1.29, 1.82) is 0 Å². The van der Waals surface area contributed by atoms with E-state index in [1.165, 1.54) is 11.1 Å². The zero-order chi connectivity index (χ0) is 30.8. The average molecular weight is 639 g/mol. The van der Waals surface area contributed by atoms with Crippen molar-refractivity contribution in [3.8, 4) is 5.88 Å². The van der Waals surface area contributed by atoms with Gasteiger partial charge >= 0.3 is 0 Å². The number of fused-ring (bicyclic) bond motifs is 1. The molecular formula is C32H37Cl2N7O3. The van der Waals surface area contributed by atoms with Crippen molar-refractivity contribution in [3.63, 3.8) is 0 Å². The number of hydrogen-bond donors (Lipinski definition) is 2. The molecule has 2 fully saturated rings. The molecule has 2 amide bonds. The Bertz CT molecular complexity index is 1520. The maximum atomic E-state index is 13.3. The predicted molar refractivity (Wildman–Crippen MR) is 173 cm³/mol. The molecule has 232 valence electrons. The summed E-state index contributed by atoms with van der Waals surface area (Å²) in [7, 11) is 4.28. The number of amides is 2. The molecule has 6 rings (SSSR count). The SMILES string of the molecule is CN(C)C1CCN(c2ccc(Nc3ncc4c(n3)OCN(c3c(Cl)cccc3Cl)C4=O)cc2CNC(=O)C2CCCC2)CC1. The minimum atomic E-state index is -0.351. The summed E-state index contributed by atoms with van der Waals surface area (Å²) in [6.45, 7) is 2.26. The van der Waals surface area contributed by atoms with Crippen LogP contribution in [-0.2, 0) is 11.3 Å². The van der Waals surface area contributed by atoms with Gasteiger partial charge in [-0.25, -0.2) is 4.98 Å². The number of para-hydroxylation sites is 1. The third-order valence-electron chi connectivity index (χ3n) is 8.82. The van der Waals surface area contributed by atoms with E-state index in [-0.39, 0.29) is 35.9 Å². The standard InChI is InChI=1S/C32H37Cl2N7O3/c1-39(2)23-12-14-40(15-13-23)27-11-10-22(16-21(27)17-35-29(42)20-6-3-4-7-20)37-32-36-18-24-30(38-32)44-19-41(31(24)43)28-25(33)8-5-9-26(28)34/h5,8-11,16,18,20,23H,3-4,6-7,12-15,17,19H2,1-2H3,(H,35,42)(H,36,37,38). The Balaban J connectivity index is 1.20. The lowest BCUT2D eigenvalue weighted by atomic mass is 10.0. The van der Waals surface area contributed by atoms with Gasteiger partial charge in [-0.2, -0.15) is 4.98 Å². The number of piperidine rings is 1. The number of carbonyl (C=O) groups excluding carboxylic acids is 2. The normalized spacial score (nSPS) is 17.5. The molecule has 12 heteroatoms. The quantitative estimate of drug-likeness (QED) is 0.317. The number of anilines is 4. The summed E-state index contributed by atoms with van der Waals surface area (Å²) in [5.74, 6) is 0.352. The highest BCUT2D eigenvalue weighted by Gasteiger charge is 2.31. The van der Waals surface area contributed by atoms with Gasteiger partial charge in [0.15, 0.2) is 6.73 Å². The van der Waals surface area contributed by atoms with Gasteiger partial charge in [-0.05, 0) is 75.7 Å². The van der Waals surface area contributed by atoms with E-state index in [1.54, 1.807) is 18.2 Å². The Kier molecular flexibility index (Phi) is 9.11. The van der Waals surface area contributed by atoms with Crippen LogP contribution >= 0.6 is 23.2 Å². The summed E-state index contributed by atoms with van der Waals surface area (Å²) in [5, 5.41) is 7.14. The molecule has 2 aromatic carbocycles. The van der Waals surface area contributed by atoms with Crippen molar-refractivity contribution in [2.24, 2.45) is 5.92 Å². The highest BCUT2D eigenvalue weighted by atomic mass is 35.5. The number of benzene rings is 2. The highest BCUT2D eigenvalue weighted by molar-refractivity contribution is 6.40. The van der Waals surface area contributed by atoms with Gasteiger partial charge in [-0.1, -0.05) is 42.1 Å². The Labute approximate surface area is 267 Å². The minimum absolute atomic E-state index is 0.0875. The van der Waals surface area contributed by atoms with Gasteiger partial charge in [0.1, 0.15) is 5.56 Å². The number of nitrogens with one attached hydrogen (secondary N) is 2. The monoisotopic (exact) mass is 637 g/mol. The number of halogens is 2. The summed E-state index contributed by atoms with van der Waals surface area (Å²) < 4.78 is 5.85. The number of aromatic nitrogens is 2. The van der Waals surface area contributed by atoms with Crippen LogP contribution in [0.3, 0.4) is 0 Å². The molecule has 0 atom stereocenters. The number of hydrogen-bond acceptors (Lipinski definition) is 8. The van der Waals surface area contributed by atoms with Crippen LogP contribution in [0.15, 0.2) is 42.6 Å². The Morgan fingerprint density at radius 1 is 1.07 bits per heavy atom. The molecule has 1 aliphatic carbocycles. The Morgan fingerprint density at radius 2 is 1.80 bits per heavy atom. The molecule has 3 aliphatic rings. The van der Waals surface area contributed by atoms with Gasteiger partial charge in [-0.3, -0.25) is 14.5 Å². The lowest BCUT2D eigenvalue weighted by Crippen LogP contribution is -2.42. The summed E-state index contributed by atoms with van der Waals surface area (Å²) in [6.07, 6.45) is 7.77. The number of rotatable bonds is 8. The van der Waals surface area contributed by atoms with Crippen molar-refractivity contribution in [2.75, 3.05) is 49.0 Å². The van der Waals surface area contributed by atoms with Crippen LogP contribution in [0, 0.1) is 5.92 Å². The van der Waals surface area contributed by atoms with Gasteiger partial charge < -0.3 is 25.2 Å². The molecule has 3 heterocycles. The van der Waals surface area contributed by atoms with Crippen LogP contribution in [-0.4, -0.2) is 66.6 Å². The summed E-state index contributed by atoms with van der Waals surface area (Å²) in [6, 6.07) is 11.7. The highest BCUT2D eigenvalue weighted by Crippen LogP contribution is 2.37. The van der Waals surface area contributed by atoms with Gasteiger partial charge in [0.25, 0.3) is 5.91 Å². The Morgan fingerprint density at radius 3 is 2.50 bits per heavy atom. The number of nitrogens with zero attached hydrogens (tertiary/aromatic N) is 5. The molecule has 3 aromatic rings. The van der Waals surface area contributed by atoms with Crippen molar-refractivity contribution in [1.82, 2.24) is 20.2 Å². The average Bonchev–Trinajstić information content (AvgIpc) is 3.57. The van der Waals surface area contributed by atoms with E-state index in [4.69, 9.17) is 27.9 Å². The first-order valence-electron chi connectivity index (χ1n) is 15.1. The van der Waals surface area contributed by atoms with Gasteiger partial charge in [0.2, 0.25) is 17.7 Å². The largest absolute Gasteiger partial charge is 0.455 e. The molecule has 0 spiro atoms. The first kappa shape index (κ1) is 30.4. The van der Waals surface area contributed by atoms with E-state index >= 15 is 0 Å². The van der Waals surface area contributed by atoms with Crippen molar-refractivity contribution in [2.45, 2.75) is 51.1 Å². The van der Waals surface area contributed by atoms with E-state index in [2.05, 4.69) is 50.6 Å². The first-order chi connectivity index (χ1) is 21.3. The molecule has 1 saturated heterocycles. The topological polar surface area (TPSA) is 103 Å². The smallest absolute Gasteiger partial charge is 0.268 e. The third-order valence-corrected chi connectivity index (χ3v) is 9.43. The fourth-order valence-corrected chi connectivity index (χ4v) is 6.91. The molecule has 44 heavy (non-hydrogen) atoms. The Hall–Kier alpha value is -3.60. The van der Waals surface area contributed by atoms with E-state index in [0.29, 0.717) is 34.3 Å². The lowest BCUT2D eigenvalue weighted by molar-refractivity contribution is -0.124. The van der Waals surface area contributed by atoms with Gasteiger partial charge in [0, 0.05) is 49.2 Å².